The number of benzene rings is 1. The number of aromatic hydroxyl groups is 1. The SMILES string of the molecule is CN(c1ccc(O)cc1)S(=O)(=O)c1ccc(C(=O)O)o1. The lowest BCUT2D eigenvalue weighted by atomic mass is 10.3. The molecule has 0 bridgehead atoms. The van der Waals surface area contributed by atoms with E-state index in [1.807, 2.05) is 0 Å². The van der Waals surface area contributed by atoms with Gasteiger partial charge in [-0.1, -0.05) is 0 Å². The number of aromatic carboxylic acids is 1. The van der Waals surface area contributed by atoms with Crippen molar-refractivity contribution in [3.63, 3.8) is 0 Å². The van der Waals surface area contributed by atoms with E-state index in [9.17, 15) is 18.3 Å². The van der Waals surface area contributed by atoms with Crippen molar-refractivity contribution in [3.8, 4) is 5.75 Å². The number of nitrogens with zero attached hydrogens (tertiary/aromatic N) is 1. The van der Waals surface area contributed by atoms with E-state index < -0.39 is 26.8 Å². The summed E-state index contributed by atoms with van der Waals surface area (Å²) in [5.41, 5.74) is 0.302. The Morgan fingerprint density at radius 3 is 2.25 bits per heavy atom. The number of phenolic OH excluding ortho intramolecular Hbond substituents is 1. The predicted octanol–water partition coefficient (Wildman–Crippen LogP) is 1.51. The highest BCUT2D eigenvalue weighted by Gasteiger charge is 2.26. The van der Waals surface area contributed by atoms with Crippen molar-refractivity contribution in [1.82, 2.24) is 0 Å². The van der Waals surface area contributed by atoms with Crippen LogP contribution in [0, 0.1) is 0 Å². The van der Waals surface area contributed by atoms with E-state index in [-0.39, 0.29) is 5.75 Å². The lowest BCUT2D eigenvalue weighted by molar-refractivity contribution is 0.0656. The monoisotopic (exact) mass is 297 g/mol. The van der Waals surface area contributed by atoms with Gasteiger partial charge < -0.3 is 14.6 Å². The van der Waals surface area contributed by atoms with Gasteiger partial charge in [-0.05, 0) is 36.4 Å². The predicted molar refractivity (Wildman–Crippen MR) is 69.4 cm³/mol. The Labute approximate surface area is 114 Å². The fraction of sp³-hybridized carbons (Fsp3) is 0.0833. The van der Waals surface area contributed by atoms with Crippen molar-refractivity contribution in [3.05, 3.63) is 42.2 Å². The standard InChI is InChI=1S/C12H11NO6S/c1-13(8-2-4-9(14)5-3-8)20(17,18)11-7-6-10(19-11)12(15)16/h2-7,14H,1H3,(H,15,16). The zero-order valence-electron chi connectivity index (χ0n) is 10.3. The number of carboxylic acids is 1. The molecule has 7 nitrogen and oxygen atoms in total. The summed E-state index contributed by atoms with van der Waals surface area (Å²) < 4.78 is 30.2. The molecule has 2 aromatic rings. The van der Waals surface area contributed by atoms with Gasteiger partial charge in [0.25, 0.3) is 10.0 Å². The van der Waals surface area contributed by atoms with Crippen molar-refractivity contribution in [2.24, 2.45) is 0 Å². The third-order valence-electron chi connectivity index (χ3n) is 2.62. The molecule has 20 heavy (non-hydrogen) atoms. The van der Waals surface area contributed by atoms with E-state index in [1.54, 1.807) is 0 Å². The molecule has 2 N–H and O–H groups in total. The molecule has 1 aromatic carbocycles. The molecule has 0 amide bonds. The van der Waals surface area contributed by atoms with Gasteiger partial charge in [0.15, 0.2) is 0 Å². The summed E-state index contributed by atoms with van der Waals surface area (Å²) in [4.78, 5) is 10.7. The first-order valence-corrected chi connectivity index (χ1v) is 6.87. The van der Waals surface area contributed by atoms with Gasteiger partial charge in [0.1, 0.15) is 5.75 Å². The fourth-order valence-electron chi connectivity index (χ4n) is 1.51. The zero-order chi connectivity index (χ0) is 14.9. The van der Waals surface area contributed by atoms with Crippen LogP contribution in [0.5, 0.6) is 5.75 Å². The summed E-state index contributed by atoms with van der Waals surface area (Å²) >= 11 is 0. The minimum Gasteiger partial charge on any atom is -0.508 e. The van der Waals surface area contributed by atoms with Crippen LogP contribution >= 0.6 is 0 Å². The number of phenols is 1. The van der Waals surface area contributed by atoms with E-state index in [2.05, 4.69) is 0 Å². The van der Waals surface area contributed by atoms with Gasteiger partial charge in [0.2, 0.25) is 10.9 Å². The molecule has 0 atom stereocenters. The van der Waals surface area contributed by atoms with E-state index in [1.165, 1.54) is 31.3 Å². The second kappa shape index (κ2) is 4.89. The highest BCUT2D eigenvalue weighted by Crippen LogP contribution is 2.25. The summed E-state index contributed by atoms with van der Waals surface area (Å²) in [7, 11) is -2.70. The van der Waals surface area contributed by atoms with Crippen LogP contribution in [0.2, 0.25) is 0 Å². The first-order chi connectivity index (χ1) is 9.32. The topological polar surface area (TPSA) is 108 Å². The maximum absolute atomic E-state index is 12.2. The van der Waals surface area contributed by atoms with Crippen molar-refractivity contribution in [2.45, 2.75) is 5.09 Å². The van der Waals surface area contributed by atoms with Crippen molar-refractivity contribution >= 4 is 21.7 Å². The highest BCUT2D eigenvalue weighted by molar-refractivity contribution is 7.92. The molecule has 0 aliphatic rings. The number of sulfonamides is 1. The lowest BCUT2D eigenvalue weighted by Crippen LogP contribution is -2.26. The van der Waals surface area contributed by atoms with E-state index in [0.29, 0.717) is 5.69 Å². The van der Waals surface area contributed by atoms with Crippen LogP contribution in [0.1, 0.15) is 10.6 Å². The molecule has 2 rings (SSSR count). The number of carboxylic acid groups (broad SMARTS) is 1. The summed E-state index contributed by atoms with van der Waals surface area (Å²) in [6.07, 6.45) is 0. The number of hydrogen-bond acceptors (Lipinski definition) is 5. The zero-order valence-corrected chi connectivity index (χ0v) is 11.2. The Kier molecular flexibility index (Phi) is 3.41. The van der Waals surface area contributed by atoms with Gasteiger partial charge in [-0.2, -0.15) is 8.42 Å². The molecule has 8 heteroatoms. The molecule has 0 aliphatic carbocycles. The molecule has 0 aliphatic heterocycles. The van der Waals surface area contributed by atoms with Crippen LogP contribution in [-0.2, 0) is 10.0 Å². The van der Waals surface area contributed by atoms with Gasteiger partial charge in [0, 0.05) is 7.05 Å². The summed E-state index contributed by atoms with van der Waals surface area (Å²) in [6.45, 7) is 0. The van der Waals surface area contributed by atoms with Crippen molar-refractivity contribution in [2.75, 3.05) is 11.4 Å². The van der Waals surface area contributed by atoms with Crippen molar-refractivity contribution in [1.29, 1.82) is 0 Å². The third-order valence-corrected chi connectivity index (χ3v) is 4.28. The third kappa shape index (κ3) is 2.45. The largest absolute Gasteiger partial charge is 0.508 e. The molecule has 0 spiro atoms. The summed E-state index contributed by atoms with van der Waals surface area (Å²) in [5, 5.41) is 17.4. The number of furan rings is 1. The fourth-order valence-corrected chi connectivity index (χ4v) is 2.61. The molecular formula is C12H11NO6S. The Morgan fingerprint density at radius 2 is 1.75 bits per heavy atom. The minimum atomic E-state index is -4.00. The molecule has 0 saturated carbocycles. The normalized spacial score (nSPS) is 11.2. The molecule has 0 radical (unpaired) electrons. The van der Waals surface area contributed by atoms with E-state index in [4.69, 9.17) is 9.52 Å². The van der Waals surface area contributed by atoms with E-state index in [0.717, 1.165) is 16.4 Å². The van der Waals surface area contributed by atoms with Gasteiger partial charge in [-0.25, -0.2) is 4.79 Å². The molecule has 0 saturated heterocycles. The number of carbonyl (C=O) groups is 1. The number of hydrogen-bond donors (Lipinski definition) is 2. The maximum atomic E-state index is 12.2. The average molecular weight is 297 g/mol. The summed E-state index contributed by atoms with van der Waals surface area (Å²) in [5.74, 6) is -1.80. The minimum absolute atomic E-state index is 0.00529. The maximum Gasteiger partial charge on any atom is 0.371 e. The molecule has 106 valence electrons. The quantitative estimate of drug-likeness (QED) is 0.885. The van der Waals surface area contributed by atoms with Crippen molar-refractivity contribution < 1.29 is 27.8 Å². The first-order valence-electron chi connectivity index (χ1n) is 5.43. The Morgan fingerprint density at radius 1 is 1.15 bits per heavy atom. The lowest BCUT2D eigenvalue weighted by Gasteiger charge is -2.17. The number of rotatable bonds is 4. The second-order valence-electron chi connectivity index (χ2n) is 3.91. The van der Waals surface area contributed by atoms with Crippen LogP contribution in [0.15, 0.2) is 45.9 Å². The Hall–Kier alpha value is -2.48. The average Bonchev–Trinajstić information content (AvgIpc) is 2.89. The van der Waals surface area contributed by atoms with Gasteiger partial charge >= 0.3 is 5.97 Å². The molecule has 0 unspecified atom stereocenters. The van der Waals surface area contributed by atoms with Gasteiger partial charge in [-0.3, -0.25) is 4.31 Å². The highest BCUT2D eigenvalue weighted by atomic mass is 32.2. The molecule has 0 fully saturated rings. The number of anilines is 1. The van der Waals surface area contributed by atoms with Crippen LogP contribution in [0.4, 0.5) is 5.69 Å². The summed E-state index contributed by atoms with van der Waals surface area (Å²) in [6, 6.07) is 7.65. The molecule has 1 aromatic heterocycles. The first kappa shape index (κ1) is 13.9. The molecular weight excluding hydrogens is 286 g/mol. The van der Waals surface area contributed by atoms with Gasteiger partial charge in [-0.15, -0.1) is 0 Å². The smallest absolute Gasteiger partial charge is 0.371 e. The molecule has 1 heterocycles. The Bertz CT molecular complexity index is 732. The Balaban J connectivity index is 2.38. The van der Waals surface area contributed by atoms with Crippen LogP contribution in [0.25, 0.3) is 0 Å². The van der Waals surface area contributed by atoms with Crippen LogP contribution in [0.3, 0.4) is 0 Å². The van der Waals surface area contributed by atoms with Crippen LogP contribution < -0.4 is 4.31 Å². The van der Waals surface area contributed by atoms with Gasteiger partial charge in [0.05, 0.1) is 5.69 Å². The van der Waals surface area contributed by atoms with Crippen LogP contribution in [-0.4, -0.2) is 31.6 Å². The second-order valence-corrected chi connectivity index (χ2v) is 5.81. The van der Waals surface area contributed by atoms with E-state index >= 15 is 0 Å².